The molecule has 160 valence electrons. The summed E-state index contributed by atoms with van der Waals surface area (Å²) in [6.45, 7) is -1.27. The number of nitrogens with two attached hydrogens (primary N) is 1. The monoisotopic (exact) mass is 431 g/mol. The topological polar surface area (TPSA) is 209 Å². The number of hydrogen-bond acceptors (Lipinski definition) is 13. The van der Waals surface area contributed by atoms with E-state index in [4.69, 9.17) is 15.2 Å². The van der Waals surface area contributed by atoms with Crippen LogP contribution in [0.15, 0.2) is 11.4 Å². The van der Waals surface area contributed by atoms with Crippen LogP contribution in [-0.4, -0.2) is 106 Å². The smallest absolute Gasteiger partial charge is 0.223 e. The van der Waals surface area contributed by atoms with Gasteiger partial charge in [-0.05, 0) is 0 Å². The summed E-state index contributed by atoms with van der Waals surface area (Å²) in [5.41, 5.74) is 3.85. The summed E-state index contributed by atoms with van der Waals surface area (Å²) in [7, 11) is 0. The molecule has 2 aromatic rings. The molecule has 0 aliphatic carbocycles. The van der Waals surface area contributed by atoms with Crippen LogP contribution in [0, 0.1) is 0 Å². The van der Waals surface area contributed by atoms with Crippen LogP contribution in [0.3, 0.4) is 0 Å². The highest BCUT2D eigenvalue weighted by molar-refractivity contribution is 7.80. The minimum Gasteiger partial charge on any atom is -0.394 e. The number of thiol groups is 1. The van der Waals surface area contributed by atoms with E-state index in [0.717, 1.165) is 0 Å². The molecular weight excluding hydrogens is 410 g/mol. The Kier molecular flexibility index (Phi) is 5.17. The molecule has 2 fully saturated rings. The molecule has 8 atom stereocenters. The first-order valence-corrected chi connectivity index (χ1v) is 9.18. The maximum absolute atomic E-state index is 10.9. The third kappa shape index (κ3) is 2.83. The van der Waals surface area contributed by atoms with Crippen molar-refractivity contribution in [1.82, 2.24) is 19.5 Å². The molecule has 0 bridgehead atoms. The van der Waals surface area contributed by atoms with E-state index < -0.39 is 61.7 Å². The van der Waals surface area contributed by atoms with Crippen LogP contribution < -0.4 is 5.73 Å². The van der Waals surface area contributed by atoms with E-state index in [2.05, 4.69) is 27.6 Å². The summed E-state index contributed by atoms with van der Waals surface area (Å²) in [6.07, 6.45) is -9.16. The van der Waals surface area contributed by atoms with Crippen LogP contribution in [0.5, 0.6) is 0 Å². The summed E-state index contributed by atoms with van der Waals surface area (Å²) >= 11 is 4.20. The minimum absolute atomic E-state index is 0.0464. The molecule has 0 amide bonds. The van der Waals surface area contributed by atoms with Gasteiger partial charge in [0.2, 0.25) is 11.7 Å². The van der Waals surface area contributed by atoms with Gasteiger partial charge in [-0.2, -0.15) is 4.98 Å². The van der Waals surface area contributed by atoms with Crippen molar-refractivity contribution in [3.8, 4) is 0 Å². The van der Waals surface area contributed by atoms with Gasteiger partial charge in [-0.3, -0.25) is 4.57 Å². The van der Waals surface area contributed by atoms with Crippen molar-refractivity contribution >= 4 is 29.7 Å². The predicted molar refractivity (Wildman–Crippen MR) is 96.7 cm³/mol. The Morgan fingerprint density at radius 1 is 1.07 bits per heavy atom. The lowest BCUT2D eigenvalue weighted by Gasteiger charge is -2.39. The van der Waals surface area contributed by atoms with Crippen molar-refractivity contribution < 1.29 is 40.1 Å². The van der Waals surface area contributed by atoms with E-state index in [-0.39, 0.29) is 22.1 Å². The third-order valence-corrected chi connectivity index (χ3v) is 5.68. The second-order valence-electron chi connectivity index (χ2n) is 6.98. The first-order chi connectivity index (χ1) is 13.8. The second kappa shape index (κ2) is 7.26. The molecule has 14 heteroatoms. The van der Waals surface area contributed by atoms with Gasteiger partial charge in [-0.15, -0.1) is 12.6 Å². The zero-order valence-corrected chi connectivity index (χ0v) is 15.7. The van der Waals surface area contributed by atoms with Gasteiger partial charge in [-0.1, -0.05) is 0 Å². The number of hydrogen-bond donors (Lipinski definition) is 8. The van der Waals surface area contributed by atoms with Crippen LogP contribution in [0.4, 0.5) is 5.95 Å². The van der Waals surface area contributed by atoms with Gasteiger partial charge in [0.25, 0.3) is 0 Å². The zero-order valence-electron chi connectivity index (χ0n) is 14.8. The molecule has 8 N–H and O–H groups in total. The summed E-state index contributed by atoms with van der Waals surface area (Å²) in [6, 6.07) is 0. The average Bonchev–Trinajstić information content (AvgIpc) is 3.32. The number of aliphatic hydroxyl groups is 6. The highest BCUT2D eigenvalue weighted by Gasteiger charge is 2.66. The summed E-state index contributed by atoms with van der Waals surface area (Å²) < 4.78 is 12.6. The van der Waals surface area contributed by atoms with Crippen LogP contribution in [0.25, 0.3) is 11.2 Å². The summed E-state index contributed by atoms with van der Waals surface area (Å²) in [5, 5.41) is 61.3. The van der Waals surface area contributed by atoms with Crippen molar-refractivity contribution in [1.29, 1.82) is 0 Å². The van der Waals surface area contributed by atoms with Crippen molar-refractivity contribution in [2.24, 2.45) is 0 Å². The fourth-order valence-corrected chi connectivity index (χ4v) is 4.21. The van der Waals surface area contributed by atoms with E-state index in [1.165, 1.54) is 10.9 Å². The molecule has 2 aliphatic heterocycles. The van der Waals surface area contributed by atoms with E-state index >= 15 is 0 Å². The maximum Gasteiger partial charge on any atom is 0.223 e. The van der Waals surface area contributed by atoms with Crippen molar-refractivity contribution in [2.45, 2.75) is 53.5 Å². The van der Waals surface area contributed by atoms with Crippen molar-refractivity contribution in [2.75, 3.05) is 18.9 Å². The first-order valence-electron chi connectivity index (χ1n) is 8.73. The fourth-order valence-electron chi connectivity index (χ4n) is 3.95. The van der Waals surface area contributed by atoms with Gasteiger partial charge < -0.3 is 45.8 Å². The molecule has 2 saturated heterocycles. The number of nitrogen functional groups attached to an aromatic ring is 1. The van der Waals surface area contributed by atoms with Gasteiger partial charge in [0.05, 0.1) is 19.5 Å². The molecule has 2 aliphatic rings. The highest BCUT2D eigenvalue weighted by atomic mass is 32.1. The van der Waals surface area contributed by atoms with E-state index in [1.807, 2.05) is 0 Å². The van der Waals surface area contributed by atoms with Gasteiger partial charge in [-0.25, -0.2) is 9.97 Å². The molecule has 4 rings (SSSR count). The van der Waals surface area contributed by atoms with Crippen molar-refractivity contribution in [3.05, 3.63) is 6.33 Å². The minimum atomic E-state index is -2.08. The normalized spacial score (nSPS) is 40.2. The predicted octanol–water partition coefficient (Wildman–Crippen LogP) is -4.06. The van der Waals surface area contributed by atoms with Gasteiger partial charge in [0, 0.05) is 0 Å². The molecule has 0 saturated carbocycles. The number of anilines is 1. The molecule has 13 nitrogen and oxygen atoms in total. The third-order valence-electron chi connectivity index (χ3n) is 5.37. The van der Waals surface area contributed by atoms with Crippen LogP contribution in [-0.2, 0) is 15.2 Å². The zero-order chi connectivity index (χ0) is 21.1. The molecule has 0 aromatic carbocycles. The maximum atomic E-state index is 10.9. The lowest BCUT2D eigenvalue weighted by atomic mass is 9.92. The molecule has 0 spiro atoms. The Hall–Kier alpha value is -1.62. The van der Waals surface area contributed by atoms with Crippen LogP contribution in [0.2, 0.25) is 0 Å². The quantitative estimate of drug-likeness (QED) is 0.172. The number of aromatic nitrogens is 4. The number of aliphatic hydroxyl groups excluding tert-OH is 6. The SMILES string of the molecule is Nc1nc(S)c2ncn(C3(C4O[C@H](CO)[C@@H](O)[C@H]4O)O[C@H](CO)[C@@H](O)[C@H]3O)c2n1. The lowest BCUT2D eigenvalue weighted by Crippen LogP contribution is -2.58. The molecule has 0 radical (unpaired) electrons. The highest BCUT2D eigenvalue weighted by Crippen LogP contribution is 2.45. The number of nitrogens with zero attached hydrogens (tertiary/aromatic N) is 4. The average molecular weight is 431 g/mol. The number of imidazole rings is 1. The Labute approximate surface area is 168 Å². The van der Waals surface area contributed by atoms with E-state index in [1.54, 1.807) is 0 Å². The van der Waals surface area contributed by atoms with Gasteiger partial charge >= 0.3 is 0 Å². The number of fused-ring (bicyclic) bond motifs is 1. The molecule has 29 heavy (non-hydrogen) atoms. The van der Waals surface area contributed by atoms with Gasteiger partial charge in [0.1, 0.15) is 53.3 Å². The Balaban J connectivity index is 1.94. The largest absolute Gasteiger partial charge is 0.394 e. The van der Waals surface area contributed by atoms with Gasteiger partial charge in [0.15, 0.2) is 5.65 Å². The Morgan fingerprint density at radius 2 is 1.76 bits per heavy atom. The van der Waals surface area contributed by atoms with Crippen LogP contribution in [0.1, 0.15) is 0 Å². The number of ether oxygens (including phenoxy) is 2. The Bertz CT molecular complexity index is 916. The molecule has 2 aromatic heterocycles. The summed E-state index contributed by atoms with van der Waals surface area (Å²) in [4.78, 5) is 12.1. The van der Waals surface area contributed by atoms with E-state index in [9.17, 15) is 30.6 Å². The first kappa shape index (κ1) is 20.6. The number of rotatable bonds is 4. The molecule has 4 heterocycles. The van der Waals surface area contributed by atoms with Crippen LogP contribution >= 0.6 is 12.6 Å². The van der Waals surface area contributed by atoms with Crippen molar-refractivity contribution in [3.63, 3.8) is 0 Å². The van der Waals surface area contributed by atoms with E-state index in [0.29, 0.717) is 0 Å². The molecule has 2 unspecified atom stereocenters. The Morgan fingerprint density at radius 3 is 2.34 bits per heavy atom. The standard InChI is InChI=1S/C15H21N5O8S/c16-14-18-12-6(13(29)19-14)17-3-20(12)15(10(26)8(24)5(2-22)28-15)11-9(25)7(23)4(1-21)27-11/h3-5,7-11,21-26H,1-2H2,(H3,16,18,19,29)/t4-,5-,7-,8-,9-,10-,11?,15?/m1/s1. The lowest BCUT2D eigenvalue weighted by molar-refractivity contribution is -0.231. The summed E-state index contributed by atoms with van der Waals surface area (Å²) in [5.74, 6) is -0.160. The molecular formula is C15H21N5O8S. The fraction of sp³-hybridized carbons (Fsp3) is 0.667. The second-order valence-corrected chi connectivity index (χ2v) is 7.40.